The average molecular weight is 591 g/mol. The fraction of sp³-hybridized carbons (Fsp3) is 0. The number of nitrogens with two attached hydrogens (primary N) is 2. The van der Waals surface area contributed by atoms with E-state index in [1.807, 2.05) is 121 Å². The average Bonchev–Trinajstić information content (AvgIpc) is 3.05. The fourth-order valence-corrected chi connectivity index (χ4v) is 5.08. The van der Waals surface area contributed by atoms with E-state index >= 15 is 0 Å². The molecule has 0 unspecified atom stereocenters. The van der Waals surface area contributed by atoms with Crippen molar-refractivity contribution in [2.45, 2.75) is 0 Å². The number of fused-ring (bicyclic) bond motifs is 2. The van der Waals surface area contributed by atoms with Gasteiger partial charge in [-0.1, -0.05) is 0 Å². The molecule has 1 heterocycles. The molecule has 8 N–H and O–H groups in total. The van der Waals surface area contributed by atoms with Crippen LogP contribution in [-0.2, 0) is 0 Å². The summed E-state index contributed by atoms with van der Waals surface area (Å²) in [5.41, 5.74) is 21.2. The number of nitrogens with one attached hydrogen (secondary N) is 4. The van der Waals surface area contributed by atoms with E-state index in [0.717, 1.165) is 56.9 Å². The summed E-state index contributed by atoms with van der Waals surface area (Å²) in [6.45, 7) is 0. The van der Waals surface area contributed by atoms with Gasteiger partial charge in [-0.3, -0.25) is 4.79 Å². The molecule has 8 heteroatoms. The normalized spacial score (nSPS) is 10.9. The highest BCUT2D eigenvalue weighted by Gasteiger charge is 2.10. The smallest absolute Gasteiger partial charge is 0.200 e. The Kier molecular flexibility index (Phi) is 7.13. The molecular weight excluding hydrogens is 560 g/mol. The van der Waals surface area contributed by atoms with E-state index in [1.54, 1.807) is 12.1 Å². The number of rotatable bonds is 8. The molecule has 45 heavy (non-hydrogen) atoms. The van der Waals surface area contributed by atoms with Gasteiger partial charge in [-0.15, -0.1) is 0 Å². The first-order valence-electron chi connectivity index (χ1n) is 14.5. The van der Waals surface area contributed by atoms with Crippen LogP contribution in [-0.4, -0.2) is 0 Å². The summed E-state index contributed by atoms with van der Waals surface area (Å²) in [4.78, 5) is 13.3. The van der Waals surface area contributed by atoms with Crippen molar-refractivity contribution in [2.24, 2.45) is 0 Å². The predicted molar refractivity (Wildman–Crippen MR) is 188 cm³/mol. The first kappa shape index (κ1) is 27.4. The van der Waals surface area contributed by atoms with Crippen molar-refractivity contribution in [1.82, 2.24) is 0 Å². The molecule has 0 atom stereocenters. The summed E-state index contributed by atoms with van der Waals surface area (Å²) >= 11 is 0. The van der Waals surface area contributed by atoms with Crippen LogP contribution in [0, 0.1) is 0 Å². The maximum atomic E-state index is 13.3. The van der Waals surface area contributed by atoms with E-state index in [0.29, 0.717) is 21.9 Å². The molecule has 0 saturated carbocycles. The Morgan fingerprint density at radius 3 is 0.978 bits per heavy atom. The molecule has 0 radical (unpaired) electrons. The molecule has 220 valence electrons. The summed E-state index contributed by atoms with van der Waals surface area (Å²) in [6, 6.07) is 42.2. The first-order valence-corrected chi connectivity index (χ1v) is 14.5. The minimum absolute atomic E-state index is 0.0689. The molecule has 7 rings (SSSR count). The Morgan fingerprint density at radius 1 is 0.378 bits per heavy atom. The largest absolute Gasteiger partial charge is 0.456 e. The van der Waals surface area contributed by atoms with Crippen LogP contribution >= 0.6 is 0 Å². The maximum absolute atomic E-state index is 13.3. The number of nitrogen functional groups attached to an aromatic ring is 2. The van der Waals surface area contributed by atoms with Crippen LogP contribution in [0.3, 0.4) is 0 Å². The van der Waals surface area contributed by atoms with Gasteiger partial charge in [0.1, 0.15) is 11.2 Å². The Labute approximate surface area is 259 Å². The molecule has 0 aliphatic rings. The lowest BCUT2D eigenvalue weighted by atomic mass is 10.1. The number of hydrogen-bond donors (Lipinski definition) is 6. The molecule has 0 fully saturated rings. The van der Waals surface area contributed by atoms with Crippen LogP contribution < -0.4 is 38.2 Å². The summed E-state index contributed by atoms with van der Waals surface area (Å²) in [5.74, 6) is 0. The molecule has 7 aromatic rings. The summed E-state index contributed by atoms with van der Waals surface area (Å²) in [5, 5.41) is 14.6. The van der Waals surface area contributed by atoms with Crippen LogP contribution in [0.25, 0.3) is 21.9 Å². The van der Waals surface area contributed by atoms with Crippen LogP contribution in [0.2, 0.25) is 0 Å². The monoisotopic (exact) mass is 590 g/mol. The highest BCUT2D eigenvalue weighted by molar-refractivity contribution is 5.93. The van der Waals surface area contributed by atoms with Crippen molar-refractivity contribution < 1.29 is 4.42 Å². The van der Waals surface area contributed by atoms with Gasteiger partial charge < -0.3 is 37.2 Å². The molecule has 1 aromatic heterocycles. The predicted octanol–water partition coefficient (Wildman–Crippen LogP) is 9.08. The molecule has 0 bridgehead atoms. The van der Waals surface area contributed by atoms with Gasteiger partial charge in [-0.2, -0.15) is 0 Å². The molecule has 0 saturated heterocycles. The summed E-state index contributed by atoms with van der Waals surface area (Å²) in [6.07, 6.45) is 0. The third-order valence-corrected chi connectivity index (χ3v) is 7.42. The van der Waals surface area contributed by atoms with Gasteiger partial charge >= 0.3 is 0 Å². The van der Waals surface area contributed by atoms with Crippen LogP contribution in [0.5, 0.6) is 0 Å². The second-order valence-electron chi connectivity index (χ2n) is 10.8. The lowest BCUT2D eigenvalue weighted by molar-refractivity contribution is 0.660. The molecule has 0 amide bonds. The van der Waals surface area contributed by atoms with Crippen molar-refractivity contribution >= 4 is 78.8 Å². The van der Waals surface area contributed by atoms with Crippen LogP contribution in [0.1, 0.15) is 0 Å². The zero-order valence-corrected chi connectivity index (χ0v) is 24.2. The Bertz CT molecular complexity index is 2020. The third kappa shape index (κ3) is 6.21. The van der Waals surface area contributed by atoms with Crippen molar-refractivity contribution in [2.75, 3.05) is 32.7 Å². The Balaban J connectivity index is 1.07. The van der Waals surface area contributed by atoms with E-state index in [1.165, 1.54) is 0 Å². The van der Waals surface area contributed by atoms with Crippen molar-refractivity contribution in [3.05, 3.63) is 144 Å². The fourth-order valence-electron chi connectivity index (χ4n) is 5.08. The lowest BCUT2D eigenvalue weighted by Gasteiger charge is -2.11. The van der Waals surface area contributed by atoms with E-state index in [2.05, 4.69) is 21.3 Å². The van der Waals surface area contributed by atoms with E-state index < -0.39 is 0 Å². The molecule has 0 spiro atoms. The Hall–Kier alpha value is -6.41. The topological polar surface area (TPSA) is 130 Å². The van der Waals surface area contributed by atoms with Gasteiger partial charge in [0, 0.05) is 69.0 Å². The second kappa shape index (κ2) is 11.7. The van der Waals surface area contributed by atoms with Gasteiger partial charge in [0.2, 0.25) is 5.43 Å². The number of hydrogen-bond acceptors (Lipinski definition) is 8. The molecule has 8 nitrogen and oxygen atoms in total. The van der Waals surface area contributed by atoms with E-state index in [4.69, 9.17) is 15.9 Å². The van der Waals surface area contributed by atoms with Gasteiger partial charge in [0.05, 0.1) is 10.8 Å². The van der Waals surface area contributed by atoms with Crippen LogP contribution in [0.15, 0.2) is 143 Å². The van der Waals surface area contributed by atoms with E-state index in [-0.39, 0.29) is 5.43 Å². The lowest BCUT2D eigenvalue weighted by Crippen LogP contribution is -2.03. The van der Waals surface area contributed by atoms with Crippen LogP contribution in [0.4, 0.5) is 56.9 Å². The van der Waals surface area contributed by atoms with E-state index in [9.17, 15) is 4.79 Å². The first-order chi connectivity index (χ1) is 21.9. The van der Waals surface area contributed by atoms with Gasteiger partial charge in [0.15, 0.2) is 0 Å². The highest BCUT2D eigenvalue weighted by atomic mass is 16.3. The Morgan fingerprint density at radius 2 is 0.644 bits per heavy atom. The number of anilines is 10. The maximum Gasteiger partial charge on any atom is 0.200 e. The zero-order valence-electron chi connectivity index (χ0n) is 24.2. The molecule has 0 aliphatic heterocycles. The summed E-state index contributed by atoms with van der Waals surface area (Å²) < 4.78 is 6.25. The minimum atomic E-state index is -0.0689. The zero-order chi connectivity index (χ0) is 30.8. The van der Waals surface area contributed by atoms with Crippen molar-refractivity contribution in [3.8, 4) is 0 Å². The van der Waals surface area contributed by atoms with Gasteiger partial charge in [-0.25, -0.2) is 0 Å². The van der Waals surface area contributed by atoms with Gasteiger partial charge in [-0.05, 0) is 121 Å². The molecular formula is C37H30N6O2. The van der Waals surface area contributed by atoms with Gasteiger partial charge in [0.25, 0.3) is 0 Å². The third-order valence-electron chi connectivity index (χ3n) is 7.42. The quantitative estimate of drug-likeness (QED) is 0.0763. The second-order valence-corrected chi connectivity index (χ2v) is 10.8. The molecule has 0 aliphatic carbocycles. The molecule has 6 aromatic carbocycles. The minimum Gasteiger partial charge on any atom is -0.456 e. The van der Waals surface area contributed by atoms with Crippen molar-refractivity contribution in [3.63, 3.8) is 0 Å². The standard InChI is InChI=1S/C37H30N6O2/c38-23-1-5-25(6-2-23)40-27-9-13-29(14-10-27)42-31-17-19-33-35(21-31)45-36-22-32(18-20-34(36)37(33)44)43-30-15-11-28(12-16-30)41-26-7-3-24(39)4-8-26/h1-22,40-43H,38-39H2. The van der Waals surface area contributed by atoms with Crippen molar-refractivity contribution in [1.29, 1.82) is 0 Å². The highest BCUT2D eigenvalue weighted by Crippen LogP contribution is 2.28. The SMILES string of the molecule is Nc1ccc(Nc2ccc(Nc3ccc4c(=O)c5ccc(Nc6ccc(Nc7ccc(N)cc7)cc6)cc5oc4c3)cc2)cc1. The summed E-state index contributed by atoms with van der Waals surface area (Å²) in [7, 11) is 0. The number of benzene rings is 6.